The zero-order valence-electron chi connectivity index (χ0n) is 15.6. The topological polar surface area (TPSA) is 43.6 Å². The Bertz CT molecular complexity index is 1010. The quantitative estimate of drug-likeness (QED) is 0.275. The van der Waals surface area contributed by atoms with E-state index < -0.39 is 0 Å². The highest BCUT2D eigenvalue weighted by Gasteiger charge is 2.12. The van der Waals surface area contributed by atoms with Crippen molar-refractivity contribution in [2.75, 3.05) is 6.61 Å². The van der Waals surface area contributed by atoms with Crippen LogP contribution in [0.2, 0.25) is 0 Å². The molecule has 138 valence electrons. The molecule has 0 aliphatic heterocycles. The summed E-state index contributed by atoms with van der Waals surface area (Å²) in [6.45, 7) is 6.28. The highest BCUT2D eigenvalue weighted by molar-refractivity contribution is 14.1. The molecular weight excluding hydrogens is 451 g/mol. The first-order chi connectivity index (χ1) is 13.0. The molecule has 1 heterocycles. The van der Waals surface area contributed by atoms with Gasteiger partial charge in [0.15, 0.2) is 0 Å². The molecular formula is C22H21IN2O2. The number of rotatable bonds is 5. The smallest absolute Gasteiger partial charge is 0.338 e. The molecule has 4 nitrogen and oxygen atoms in total. The minimum absolute atomic E-state index is 0.303. The Morgan fingerprint density at radius 2 is 1.93 bits per heavy atom. The van der Waals surface area contributed by atoms with Gasteiger partial charge in [0.25, 0.3) is 0 Å². The minimum Gasteiger partial charge on any atom is -0.462 e. The van der Waals surface area contributed by atoms with Crippen molar-refractivity contribution < 1.29 is 9.53 Å². The number of benzene rings is 2. The maximum atomic E-state index is 12.0. The van der Waals surface area contributed by atoms with Crippen LogP contribution in [-0.4, -0.2) is 23.4 Å². The number of aromatic nitrogens is 1. The molecule has 5 heteroatoms. The third-order valence-electron chi connectivity index (χ3n) is 4.28. The van der Waals surface area contributed by atoms with Crippen molar-refractivity contribution in [2.45, 2.75) is 20.8 Å². The lowest BCUT2D eigenvalue weighted by molar-refractivity contribution is 0.0526. The molecule has 1 aromatic heterocycles. The van der Waals surface area contributed by atoms with Crippen LogP contribution < -0.4 is 0 Å². The Hall–Kier alpha value is -2.41. The van der Waals surface area contributed by atoms with E-state index in [-0.39, 0.29) is 5.97 Å². The number of ether oxygens (including phenoxy) is 1. The van der Waals surface area contributed by atoms with Crippen molar-refractivity contribution >= 4 is 40.5 Å². The van der Waals surface area contributed by atoms with E-state index in [4.69, 9.17) is 4.74 Å². The largest absolute Gasteiger partial charge is 0.462 e. The normalized spacial score (nSPS) is 11.1. The highest BCUT2D eigenvalue weighted by atomic mass is 127. The summed E-state index contributed by atoms with van der Waals surface area (Å²) in [4.78, 5) is 16.7. The van der Waals surface area contributed by atoms with Gasteiger partial charge in [0, 0.05) is 32.4 Å². The van der Waals surface area contributed by atoms with Gasteiger partial charge in [-0.3, -0.25) is 4.99 Å². The third kappa shape index (κ3) is 4.30. The average molecular weight is 472 g/mol. The summed E-state index contributed by atoms with van der Waals surface area (Å²) in [5.74, 6) is -0.303. The second kappa shape index (κ2) is 8.52. The number of para-hydroxylation sites is 1. The van der Waals surface area contributed by atoms with Crippen LogP contribution in [0.4, 0.5) is 5.69 Å². The van der Waals surface area contributed by atoms with Gasteiger partial charge in [-0.2, -0.15) is 0 Å². The molecule has 0 saturated heterocycles. The Balaban J connectivity index is 1.96. The molecule has 0 radical (unpaired) electrons. The molecule has 2 aromatic carbocycles. The average Bonchev–Trinajstić information content (AvgIpc) is 2.95. The lowest BCUT2D eigenvalue weighted by atomic mass is 10.2. The number of aryl methyl sites for hydroxylation is 1. The predicted octanol–water partition coefficient (Wildman–Crippen LogP) is 5.63. The SMILES string of the molecule is CCOC(=O)c1cccc(-n2c(C)cc(C=Nc3ccccc3I)c2C)c1. The van der Waals surface area contributed by atoms with Crippen molar-refractivity contribution in [3.05, 3.63) is 80.7 Å². The summed E-state index contributed by atoms with van der Waals surface area (Å²) in [7, 11) is 0. The Labute approximate surface area is 173 Å². The Morgan fingerprint density at radius 1 is 1.15 bits per heavy atom. The first kappa shape index (κ1) is 19.4. The van der Waals surface area contributed by atoms with Gasteiger partial charge in [-0.1, -0.05) is 18.2 Å². The van der Waals surface area contributed by atoms with Crippen LogP contribution >= 0.6 is 22.6 Å². The zero-order chi connectivity index (χ0) is 19.4. The van der Waals surface area contributed by atoms with Crippen LogP contribution in [0.3, 0.4) is 0 Å². The van der Waals surface area contributed by atoms with E-state index >= 15 is 0 Å². The van der Waals surface area contributed by atoms with E-state index in [1.54, 1.807) is 6.07 Å². The molecule has 0 aliphatic carbocycles. The maximum Gasteiger partial charge on any atom is 0.338 e. The number of nitrogens with zero attached hydrogens (tertiary/aromatic N) is 2. The molecule has 3 rings (SSSR count). The van der Waals surface area contributed by atoms with Crippen molar-refractivity contribution in [3.63, 3.8) is 0 Å². The fourth-order valence-corrected chi connectivity index (χ4v) is 3.52. The van der Waals surface area contributed by atoms with Crippen molar-refractivity contribution in [1.82, 2.24) is 4.57 Å². The monoisotopic (exact) mass is 472 g/mol. The van der Waals surface area contributed by atoms with E-state index in [0.717, 1.165) is 31.9 Å². The van der Waals surface area contributed by atoms with E-state index in [1.807, 2.05) is 62.5 Å². The summed E-state index contributed by atoms with van der Waals surface area (Å²) < 4.78 is 8.35. The number of carbonyl (C=O) groups excluding carboxylic acids is 1. The number of carbonyl (C=O) groups is 1. The van der Waals surface area contributed by atoms with Gasteiger partial charge in [-0.25, -0.2) is 4.79 Å². The van der Waals surface area contributed by atoms with Crippen LogP contribution in [0, 0.1) is 17.4 Å². The molecule has 27 heavy (non-hydrogen) atoms. The molecule has 0 saturated carbocycles. The van der Waals surface area contributed by atoms with E-state index in [9.17, 15) is 4.79 Å². The van der Waals surface area contributed by atoms with Crippen LogP contribution in [0.15, 0.2) is 59.6 Å². The third-order valence-corrected chi connectivity index (χ3v) is 5.19. The second-order valence-corrected chi connectivity index (χ2v) is 7.30. The van der Waals surface area contributed by atoms with E-state index in [1.165, 1.54) is 0 Å². The van der Waals surface area contributed by atoms with Crippen molar-refractivity contribution in [1.29, 1.82) is 0 Å². The molecule has 0 unspecified atom stereocenters. The maximum absolute atomic E-state index is 12.0. The Morgan fingerprint density at radius 3 is 2.67 bits per heavy atom. The molecule has 0 fully saturated rings. The highest BCUT2D eigenvalue weighted by Crippen LogP contribution is 2.23. The van der Waals surface area contributed by atoms with Crippen molar-refractivity contribution in [2.24, 2.45) is 4.99 Å². The molecule has 0 N–H and O–H groups in total. The molecule has 0 atom stereocenters. The second-order valence-electron chi connectivity index (χ2n) is 6.14. The summed E-state index contributed by atoms with van der Waals surface area (Å²) in [6.07, 6.45) is 1.89. The first-order valence-electron chi connectivity index (χ1n) is 8.76. The molecule has 3 aromatic rings. The summed E-state index contributed by atoms with van der Waals surface area (Å²) in [6, 6.07) is 17.6. The Kier molecular flexibility index (Phi) is 6.11. The first-order valence-corrected chi connectivity index (χ1v) is 9.84. The lowest BCUT2D eigenvalue weighted by Gasteiger charge is -2.11. The van der Waals surface area contributed by atoms with Crippen LogP contribution in [0.5, 0.6) is 0 Å². The van der Waals surface area contributed by atoms with Gasteiger partial charge in [0.05, 0.1) is 17.9 Å². The molecule has 0 amide bonds. The minimum atomic E-state index is -0.303. The van der Waals surface area contributed by atoms with Crippen LogP contribution in [-0.2, 0) is 4.74 Å². The van der Waals surface area contributed by atoms with Crippen LogP contribution in [0.25, 0.3) is 5.69 Å². The zero-order valence-corrected chi connectivity index (χ0v) is 17.7. The van der Waals surface area contributed by atoms with E-state index in [0.29, 0.717) is 12.2 Å². The molecule has 0 bridgehead atoms. The summed E-state index contributed by atoms with van der Waals surface area (Å²) in [5.41, 5.74) is 5.64. The number of esters is 1. The van der Waals surface area contributed by atoms with Gasteiger partial charge >= 0.3 is 5.97 Å². The number of hydrogen-bond acceptors (Lipinski definition) is 3. The number of hydrogen-bond donors (Lipinski definition) is 0. The van der Waals surface area contributed by atoms with Crippen molar-refractivity contribution in [3.8, 4) is 5.69 Å². The molecule has 0 spiro atoms. The summed E-state index contributed by atoms with van der Waals surface area (Å²) in [5, 5.41) is 0. The van der Waals surface area contributed by atoms with Gasteiger partial charge in [-0.15, -0.1) is 0 Å². The van der Waals surface area contributed by atoms with Gasteiger partial charge < -0.3 is 9.30 Å². The number of halogens is 1. The van der Waals surface area contributed by atoms with Crippen LogP contribution in [0.1, 0.15) is 34.2 Å². The fraction of sp³-hybridized carbons (Fsp3) is 0.182. The molecule has 0 aliphatic rings. The lowest BCUT2D eigenvalue weighted by Crippen LogP contribution is -2.06. The van der Waals surface area contributed by atoms with Gasteiger partial charge in [-0.05, 0) is 79.8 Å². The summed E-state index contributed by atoms with van der Waals surface area (Å²) >= 11 is 2.29. The predicted molar refractivity (Wildman–Crippen MR) is 118 cm³/mol. The number of aliphatic imine (C=N–C) groups is 1. The van der Waals surface area contributed by atoms with Gasteiger partial charge in [0.2, 0.25) is 0 Å². The van der Waals surface area contributed by atoms with E-state index in [2.05, 4.69) is 45.1 Å². The standard InChI is InChI=1S/C22H21IN2O2/c1-4-27-22(26)17-8-7-9-19(13-17)25-15(2)12-18(16(25)3)14-24-21-11-6-5-10-20(21)23/h5-14H,4H2,1-3H3. The fourth-order valence-electron chi connectivity index (χ4n) is 3.00. The van der Waals surface area contributed by atoms with Gasteiger partial charge in [0.1, 0.15) is 0 Å².